The molecule has 0 saturated carbocycles. The maximum absolute atomic E-state index is 10.9. The molecule has 0 bridgehead atoms. The first-order chi connectivity index (χ1) is 7.68. The summed E-state index contributed by atoms with van der Waals surface area (Å²) < 4.78 is 5.34. The minimum absolute atomic E-state index is 0.431. The summed E-state index contributed by atoms with van der Waals surface area (Å²) in [6.45, 7) is 3.28. The lowest BCUT2D eigenvalue weighted by molar-refractivity contribution is -0.138. The summed E-state index contributed by atoms with van der Waals surface area (Å²) in [4.78, 5) is 10.9. The molecule has 0 aliphatic carbocycles. The molecule has 0 aromatic heterocycles. The van der Waals surface area contributed by atoms with Gasteiger partial charge in [0.1, 0.15) is 0 Å². The van der Waals surface area contributed by atoms with Gasteiger partial charge in [-0.3, -0.25) is 4.79 Å². The molecule has 1 N–H and O–H groups in total. The number of carboxylic acid groups (broad SMARTS) is 1. The van der Waals surface area contributed by atoms with E-state index in [0.29, 0.717) is 5.92 Å². The minimum atomic E-state index is -0.778. The van der Waals surface area contributed by atoms with Crippen LogP contribution in [0.2, 0.25) is 0 Å². The molecule has 16 heavy (non-hydrogen) atoms. The van der Waals surface area contributed by atoms with E-state index in [1.807, 2.05) is 18.2 Å². The highest BCUT2D eigenvalue weighted by Gasteiger charge is 2.20. The fourth-order valence-electron chi connectivity index (χ4n) is 2.02. The molecule has 0 radical (unpaired) electrons. The van der Waals surface area contributed by atoms with Crippen molar-refractivity contribution in [3.8, 4) is 0 Å². The van der Waals surface area contributed by atoms with E-state index in [-0.39, 0.29) is 0 Å². The van der Waals surface area contributed by atoms with Gasteiger partial charge in [0, 0.05) is 12.5 Å². The summed E-state index contributed by atoms with van der Waals surface area (Å²) in [5.41, 5.74) is 2.07. The van der Waals surface area contributed by atoms with Crippen LogP contribution in [0.1, 0.15) is 36.3 Å². The molecular formula is C13H16O3. The van der Waals surface area contributed by atoms with Crippen molar-refractivity contribution in [2.24, 2.45) is 0 Å². The van der Waals surface area contributed by atoms with Crippen LogP contribution in [-0.4, -0.2) is 24.3 Å². The lowest BCUT2D eigenvalue weighted by Crippen LogP contribution is -2.08. The molecule has 1 aliphatic heterocycles. The van der Waals surface area contributed by atoms with Crippen LogP contribution in [-0.2, 0) is 9.53 Å². The van der Waals surface area contributed by atoms with Crippen LogP contribution in [0, 0.1) is 0 Å². The largest absolute Gasteiger partial charge is 0.481 e. The number of hydrogen-bond donors (Lipinski definition) is 1. The Morgan fingerprint density at radius 2 is 2.38 bits per heavy atom. The van der Waals surface area contributed by atoms with Crippen LogP contribution >= 0.6 is 0 Å². The van der Waals surface area contributed by atoms with Crippen LogP contribution in [0.3, 0.4) is 0 Å². The van der Waals surface area contributed by atoms with Crippen LogP contribution < -0.4 is 0 Å². The number of ether oxygens (including phenoxy) is 1. The van der Waals surface area contributed by atoms with Crippen molar-refractivity contribution in [3.05, 3.63) is 35.4 Å². The van der Waals surface area contributed by atoms with E-state index in [9.17, 15) is 4.79 Å². The van der Waals surface area contributed by atoms with Gasteiger partial charge in [-0.15, -0.1) is 0 Å². The van der Waals surface area contributed by atoms with Gasteiger partial charge >= 0.3 is 5.97 Å². The van der Waals surface area contributed by atoms with Crippen molar-refractivity contribution in [3.63, 3.8) is 0 Å². The lowest BCUT2D eigenvalue weighted by atomic mass is 9.93. The smallest absolute Gasteiger partial charge is 0.310 e. The van der Waals surface area contributed by atoms with E-state index in [0.717, 1.165) is 25.2 Å². The van der Waals surface area contributed by atoms with E-state index in [1.54, 1.807) is 6.92 Å². The van der Waals surface area contributed by atoms with E-state index < -0.39 is 11.9 Å². The second-order valence-electron chi connectivity index (χ2n) is 4.29. The van der Waals surface area contributed by atoms with Crippen LogP contribution in [0.15, 0.2) is 24.3 Å². The molecule has 0 amide bonds. The summed E-state index contributed by atoms with van der Waals surface area (Å²) in [6.07, 6.45) is 1.03. The van der Waals surface area contributed by atoms with Gasteiger partial charge in [0.05, 0.1) is 12.5 Å². The monoisotopic (exact) mass is 220 g/mol. The third-order valence-electron chi connectivity index (χ3n) is 3.18. The van der Waals surface area contributed by atoms with Crippen molar-refractivity contribution >= 4 is 5.97 Å². The first kappa shape index (κ1) is 11.1. The second-order valence-corrected chi connectivity index (χ2v) is 4.29. The van der Waals surface area contributed by atoms with Crippen molar-refractivity contribution < 1.29 is 14.6 Å². The normalized spacial score (nSPS) is 21.9. The van der Waals surface area contributed by atoms with Gasteiger partial charge in [-0.1, -0.05) is 24.3 Å². The zero-order valence-electron chi connectivity index (χ0n) is 9.35. The van der Waals surface area contributed by atoms with Gasteiger partial charge in [0.25, 0.3) is 0 Å². The van der Waals surface area contributed by atoms with Gasteiger partial charge in [0.2, 0.25) is 0 Å². The number of benzene rings is 1. The Morgan fingerprint density at radius 3 is 3.00 bits per heavy atom. The van der Waals surface area contributed by atoms with E-state index in [2.05, 4.69) is 6.07 Å². The molecule has 2 unspecified atom stereocenters. The Balaban J connectivity index is 2.21. The number of hydrogen-bond acceptors (Lipinski definition) is 2. The standard InChI is InChI=1S/C13H16O3/c1-9(13(14)15)10-3-2-4-11(7-10)12-5-6-16-8-12/h2-4,7,9,12H,5-6,8H2,1H3,(H,14,15). The number of rotatable bonds is 3. The third kappa shape index (κ3) is 2.25. The van der Waals surface area contributed by atoms with Gasteiger partial charge in [-0.05, 0) is 24.5 Å². The van der Waals surface area contributed by atoms with Crippen LogP contribution in [0.4, 0.5) is 0 Å². The molecule has 2 atom stereocenters. The Labute approximate surface area is 95.0 Å². The van der Waals surface area contributed by atoms with Gasteiger partial charge in [-0.25, -0.2) is 0 Å². The molecule has 3 nitrogen and oxygen atoms in total. The predicted octanol–water partition coefficient (Wildman–Crippen LogP) is 2.38. The van der Waals surface area contributed by atoms with Crippen LogP contribution in [0.5, 0.6) is 0 Å². The van der Waals surface area contributed by atoms with Gasteiger partial charge in [-0.2, -0.15) is 0 Å². The first-order valence-electron chi connectivity index (χ1n) is 5.59. The van der Waals surface area contributed by atoms with Crippen molar-refractivity contribution in [1.82, 2.24) is 0 Å². The van der Waals surface area contributed by atoms with Crippen molar-refractivity contribution in [1.29, 1.82) is 0 Å². The van der Waals surface area contributed by atoms with E-state index >= 15 is 0 Å². The zero-order chi connectivity index (χ0) is 11.5. The fraction of sp³-hybridized carbons (Fsp3) is 0.462. The van der Waals surface area contributed by atoms with E-state index in [1.165, 1.54) is 5.56 Å². The Morgan fingerprint density at radius 1 is 1.56 bits per heavy atom. The fourth-order valence-corrected chi connectivity index (χ4v) is 2.02. The molecular weight excluding hydrogens is 204 g/mol. The van der Waals surface area contributed by atoms with Crippen molar-refractivity contribution in [2.45, 2.75) is 25.2 Å². The van der Waals surface area contributed by atoms with Crippen molar-refractivity contribution in [2.75, 3.05) is 13.2 Å². The molecule has 1 saturated heterocycles. The second kappa shape index (κ2) is 4.66. The summed E-state index contributed by atoms with van der Waals surface area (Å²) in [6, 6.07) is 7.86. The number of aliphatic carboxylic acids is 1. The minimum Gasteiger partial charge on any atom is -0.481 e. The molecule has 1 aromatic rings. The maximum atomic E-state index is 10.9. The van der Waals surface area contributed by atoms with Gasteiger partial charge in [0.15, 0.2) is 0 Å². The summed E-state index contributed by atoms with van der Waals surface area (Å²) in [5.74, 6) is -0.789. The Bertz CT molecular complexity index is 381. The Kier molecular flexibility index (Phi) is 3.25. The SMILES string of the molecule is CC(C(=O)O)c1cccc(C2CCOC2)c1. The summed E-state index contributed by atoms with van der Waals surface area (Å²) in [7, 11) is 0. The molecule has 1 aromatic carbocycles. The molecule has 0 spiro atoms. The Hall–Kier alpha value is -1.35. The molecule has 1 aliphatic rings. The predicted molar refractivity (Wildman–Crippen MR) is 60.7 cm³/mol. The highest BCUT2D eigenvalue weighted by Crippen LogP contribution is 2.27. The zero-order valence-corrected chi connectivity index (χ0v) is 9.35. The maximum Gasteiger partial charge on any atom is 0.310 e. The molecule has 1 heterocycles. The quantitative estimate of drug-likeness (QED) is 0.850. The first-order valence-corrected chi connectivity index (χ1v) is 5.59. The lowest BCUT2D eigenvalue weighted by Gasteiger charge is -2.12. The molecule has 3 heteroatoms. The summed E-state index contributed by atoms with van der Waals surface area (Å²) in [5, 5.41) is 8.97. The highest BCUT2D eigenvalue weighted by atomic mass is 16.5. The highest BCUT2D eigenvalue weighted by molar-refractivity contribution is 5.75. The summed E-state index contributed by atoms with van der Waals surface area (Å²) >= 11 is 0. The average Bonchev–Trinajstić information content (AvgIpc) is 2.81. The van der Waals surface area contributed by atoms with Gasteiger partial charge < -0.3 is 9.84 Å². The van der Waals surface area contributed by atoms with E-state index in [4.69, 9.17) is 9.84 Å². The average molecular weight is 220 g/mol. The molecule has 86 valence electrons. The topological polar surface area (TPSA) is 46.5 Å². The molecule has 1 fully saturated rings. The number of carboxylic acids is 1. The van der Waals surface area contributed by atoms with Crippen LogP contribution in [0.25, 0.3) is 0 Å². The third-order valence-corrected chi connectivity index (χ3v) is 3.18. The molecule has 2 rings (SSSR count). The number of carbonyl (C=O) groups is 1.